The summed E-state index contributed by atoms with van der Waals surface area (Å²) in [7, 11) is 0. The van der Waals surface area contributed by atoms with Crippen LogP contribution >= 0.6 is 0 Å². The van der Waals surface area contributed by atoms with Crippen LogP contribution in [0.4, 0.5) is 0 Å². The van der Waals surface area contributed by atoms with Crippen molar-refractivity contribution in [1.82, 2.24) is 0 Å². The van der Waals surface area contributed by atoms with Crippen molar-refractivity contribution in [2.75, 3.05) is 13.2 Å². The van der Waals surface area contributed by atoms with Crippen molar-refractivity contribution in [3.8, 4) is 5.75 Å². The lowest BCUT2D eigenvalue weighted by Crippen LogP contribution is -2.55. The van der Waals surface area contributed by atoms with Gasteiger partial charge in [-0.3, -0.25) is 4.79 Å². The number of carbonyl (C=O) groups excluding carboxylic acids is 1. The molecule has 0 radical (unpaired) electrons. The summed E-state index contributed by atoms with van der Waals surface area (Å²) in [6.07, 6.45) is 6.26. The minimum absolute atomic E-state index is 0.0872. The second-order valence-corrected chi connectivity index (χ2v) is 11.3. The van der Waals surface area contributed by atoms with Gasteiger partial charge in [0.15, 0.2) is 12.4 Å². The molecule has 0 spiro atoms. The Morgan fingerprint density at radius 1 is 1.11 bits per heavy atom. The van der Waals surface area contributed by atoms with Gasteiger partial charge in [0.05, 0.1) is 17.9 Å². The largest absolute Gasteiger partial charge is 0.490 e. The van der Waals surface area contributed by atoms with Crippen LogP contribution in [-0.4, -0.2) is 47.1 Å². The van der Waals surface area contributed by atoms with Crippen LogP contribution in [0.15, 0.2) is 58.8 Å². The number of benzene rings is 1. The standard InChI is InChI=1S/C29H37NO5/c1-18(30-35-14-13-34-19-7-5-4-6-8-19)21-9-10-22-20-15-25(31)24-16-26(32)27(33)17-29(24,3)23(20)11-12-28(21,22)2/h4-8,10,15,21,23-24,26-27,32-33H,9,11-14,16-17H2,1-3H3. The number of para-hydroxylation sites is 1. The number of aliphatic hydroxyl groups excluding tert-OH is 2. The molecule has 2 saturated carbocycles. The summed E-state index contributed by atoms with van der Waals surface area (Å²) in [4.78, 5) is 18.8. The lowest BCUT2D eigenvalue weighted by Gasteiger charge is -2.56. The third-order valence-corrected chi connectivity index (χ3v) is 9.28. The zero-order valence-electron chi connectivity index (χ0n) is 20.9. The Morgan fingerprint density at radius 2 is 1.89 bits per heavy atom. The Balaban J connectivity index is 1.28. The van der Waals surface area contributed by atoms with E-state index in [1.54, 1.807) is 0 Å². The number of hydrogen-bond acceptors (Lipinski definition) is 6. The summed E-state index contributed by atoms with van der Waals surface area (Å²) < 4.78 is 5.68. The van der Waals surface area contributed by atoms with E-state index >= 15 is 0 Å². The number of fused-ring (bicyclic) bond motifs is 5. The van der Waals surface area contributed by atoms with E-state index in [1.807, 2.05) is 43.3 Å². The maximum Gasteiger partial charge on any atom is 0.159 e. The van der Waals surface area contributed by atoms with Crippen molar-refractivity contribution >= 4 is 11.5 Å². The molecule has 7 atom stereocenters. The van der Waals surface area contributed by atoms with Gasteiger partial charge in [-0.25, -0.2) is 0 Å². The molecule has 0 bridgehead atoms. The zero-order chi connectivity index (χ0) is 24.8. The minimum atomic E-state index is -0.812. The van der Waals surface area contributed by atoms with E-state index in [0.29, 0.717) is 26.1 Å². The molecule has 0 aromatic heterocycles. The average Bonchev–Trinajstić information content (AvgIpc) is 3.19. The number of ketones is 1. The van der Waals surface area contributed by atoms with Gasteiger partial charge in [0.2, 0.25) is 0 Å². The minimum Gasteiger partial charge on any atom is -0.490 e. The Bertz CT molecular complexity index is 1060. The van der Waals surface area contributed by atoms with Crippen LogP contribution in [0, 0.1) is 28.6 Å². The molecular weight excluding hydrogens is 442 g/mol. The maximum absolute atomic E-state index is 13.2. The van der Waals surface area contributed by atoms with Gasteiger partial charge in [0.25, 0.3) is 0 Å². The number of carbonyl (C=O) groups is 1. The van der Waals surface area contributed by atoms with Crippen LogP contribution in [0.3, 0.4) is 0 Å². The first-order valence-corrected chi connectivity index (χ1v) is 12.9. The van der Waals surface area contributed by atoms with Crippen molar-refractivity contribution in [2.45, 2.75) is 65.1 Å². The van der Waals surface area contributed by atoms with Crippen molar-refractivity contribution in [3.63, 3.8) is 0 Å². The highest BCUT2D eigenvalue weighted by Gasteiger charge is 2.58. The fourth-order valence-electron chi connectivity index (χ4n) is 7.36. The normalized spacial score (nSPS) is 38.6. The molecule has 4 aliphatic carbocycles. The number of nitrogens with zero attached hydrogens (tertiary/aromatic N) is 1. The third-order valence-electron chi connectivity index (χ3n) is 9.28. The van der Waals surface area contributed by atoms with Crippen molar-refractivity contribution in [1.29, 1.82) is 0 Å². The fourth-order valence-corrected chi connectivity index (χ4v) is 7.36. The smallest absolute Gasteiger partial charge is 0.159 e. The molecule has 1 aromatic rings. The average molecular weight is 480 g/mol. The van der Waals surface area contributed by atoms with E-state index in [9.17, 15) is 15.0 Å². The molecule has 0 amide bonds. The number of oxime groups is 1. The van der Waals surface area contributed by atoms with Crippen molar-refractivity contribution in [2.24, 2.45) is 33.7 Å². The first-order valence-electron chi connectivity index (χ1n) is 12.9. The lowest BCUT2D eigenvalue weighted by molar-refractivity contribution is -0.141. The molecule has 2 fully saturated rings. The molecule has 188 valence electrons. The van der Waals surface area contributed by atoms with E-state index in [-0.39, 0.29) is 34.4 Å². The van der Waals surface area contributed by atoms with Crippen LogP contribution in [0.1, 0.15) is 52.9 Å². The number of allylic oxidation sites excluding steroid dienone is 4. The number of hydrogen-bond donors (Lipinski definition) is 2. The molecule has 35 heavy (non-hydrogen) atoms. The summed E-state index contributed by atoms with van der Waals surface area (Å²) in [6, 6.07) is 9.67. The van der Waals surface area contributed by atoms with Gasteiger partial charge in [-0.1, -0.05) is 43.3 Å². The van der Waals surface area contributed by atoms with Gasteiger partial charge in [-0.2, -0.15) is 0 Å². The Morgan fingerprint density at radius 3 is 2.66 bits per heavy atom. The number of ether oxygens (including phenoxy) is 1. The lowest BCUT2D eigenvalue weighted by atomic mass is 9.48. The first-order chi connectivity index (χ1) is 16.7. The quantitative estimate of drug-likeness (QED) is 0.357. The predicted molar refractivity (Wildman–Crippen MR) is 134 cm³/mol. The Labute approximate surface area is 207 Å². The highest BCUT2D eigenvalue weighted by molar-refractivity contribution is 5.96. The molecule has 0 heterocycles. The first kappa shape index (κ1) is 24.3. The van der Waals surface area contributed by atoms with Crippen LogP contribution in [0.2, 0.25) is 0 Å². The molecule has 0 aliphatic heterocycles. The van der Waals surface area contributed by atoms with Gasteiger partial charge in [-0.05, 0) is 79.7 Å². The number of rotatable bonds is 6. The Kier molecular flexibility index (Phi) is 6.39. The van der Waals surface area contributed by atoms with Crippen LogP contribution < -0.4 is 4.74 Å². The summed E-state index contributed by atoms with van der Waals surface area (Å²) in [6.45, 7) is 7.29. The second kappa shape index (κ2) is 9.21. The van der Waals surface area contributed by atoms with Crippen LogP contribution in [0.25, 0.3) is 0 Å². The van der Waals surface area contributed by atoms with Gasteiger partial charge in [0.1, 0.15) is 12.4 Å². The van der Waals surface area contributed by atoms with Crippen molar-refractivity contribution < 1.29 is 24.6 Å². The number of aliphatic hydroxyl groups is 2. The Hall–Kier alpha value is -2.44. The molecule has 6 nitrogen and oxygen atoms in total. The van der Waals surface area contributed by atoms with E-state index in [4.69, 9.17) is 9.57 Å². The van der Waals surface area contributed by atoms with Gasteiger partial charge in [0, 0.05) is 17.3 Å². The molecule has 1 aromatic carbocycles. The van der Waals surface area contributed by atoms with E-state index in [0.717, 1.165) is 36.3 Å². The fraction of sp³-hybridized carbons (Fsp3) is 0.586. The topological polar surface area (TPSA) is 88.4 Å². The highest BCUT2D eigenvalue weighted by Crippen LogP contribution is 2.63. The monoisotopic (exact) mass is 479 g/mol. The van der Waals surface area contributed by atoms with E-state index in [2.05, 4.69) is 25.1 Å². The van der Waals surface area contributed by atoms with Gasteiger partial charge in [-0.15, -0.1) is 0 Å². The molecule has 6 heteroatoms. The molecule has 0 saturated heterocycles. The highest BCUT2D eigenvalue weighted by atomic mass is 16.6. The van der Waals surface area contributed by atoms with Crippen LogP contribution in [-0.2, 0) is 9.63 Å². The van der Waals surface area contributed by atoms with Gasteiger partial charge >= 0.3 is 0 Å². The zero-order valence-corrected chi connectivity index (χ0v) is 20.9. The molecule has 2 N–H and O–H groups in total. The second-order valence-electron chi connectivity index (χ2n) is 11.3. The third kappa shape index (κ3) is 4.15. The molecular formula is C29H37NO5. The van der Waals surface area contributed by atoms with Gasteiger partial charge < -0.3 is 19.8 Å². The van der Waals surface area contributed by atoms with E-state index in [1.165, 1.54) is 5.57 Å². The summed E-state index contributed by atoms with van der Waals surface area (Å²) in [5, 5.41) is 25.1. The summed E-state index contributed by atoms with van der Waals surface area (Å²) in [5.41, 5.74) is 2.99. The van der Waals surface area contributed by atoms with E-state index < -0.39 is 12.2 Å². The maximum atomic E-state index is 13.2. The molecule has 7 unspecified atom stereocenters. The summed E-state index contributed by atoms with van der Waals surface area (Å²) in [5.74, 6) is 1.16. The van der Waals surface area contributed by atoms with Crippen LogP contribution in [0.5, 0.6) is 5.75 Å². The summed E-state index contributed by atoms with van der Waals surface area (Å²) >= 11 is 0. The molecule has 4 aliphatic rings. The molecule has 5 rings (SSSR count). The predicted octanol–water partition coefficient (Wildman–Crippen LogP) is 4.47. The SMILES string of the molecule is CC(=NOCCOc1ccccc1)C1CC=C2C3=CC(=O)C4CC(O)C(O)CC4(C)C3CCC21C. The van der Waals surface area contributed by atoms with Crippen molar-refractivity contribution in [3.05, 3.63) is 53.6 Å².